The Bertz CT molecular complexity index is 664. The monoisotopic (exact) mass is 288 g/mol. The zero-order chi connectivity index (χ0) is 16.2. The van der Waals surface area contributed by atoms with Crippen molar-refractivity contribution in [2.75, 3.05) is 0 Å². The average Bonchev–Trinajstić information content (AvgIpc) is 2.45. The second-order valence-electron chi connectivity index (χ2n) is 4.74. The Morgan fingerprint density at radius 1 is 1.00 bits per heavy atom. The van der Waals surface area contributed by atoms with Crippen molar-refractivity contribution in [3.05, 3.63) is 77.4 Å². The number of benzene rings is 1. The number of rotatable bonds is 5. The molecule has 0 fully saturated rings. The van der Waals surface area contributed by atoms with Gasteiger partial charge in [-0.3, -0.25) is 4.79 Å². The summed E-state index contributed by atoms with van der Waals surface area (Å²) < 4.78 is 27.9. The topological polar surface area (TPSA) is 17.1 Å². The van der Waals surface area contributed by atoms with Crippen LogP contribution < -0.4 is 0 Å². The van der Waals surface area contributed by atoms with Gasteiger partial charge in [-0.15, -0.1) is 0 Å². The minimum atomic E-state index is -0.726. The number of hydrogen-bond donors (Lipinski definition) is 0. The zero-order valence-corrected chi connectivity index (χ0v) is 12.5. The van der Waals surface area contributed by atoms with Crippen molar-refractivity contribution in [2.45, 2.75) is 20.8 Å². The van der Waals surface area contributed by atoms with E-state index in [4.69, 9.17) is 0 Å². The molecule has 1 nitrogen and oxygen atoms in total. The number of halogens is 2. The predicted molar refractivity (Wildman–Crippen MR) is 83.1 cm³/mol. The molecule has 0 aliphatic rings. The van der Waals surface area contributed by atoms with Gasteiger partial charge in [0.2, 0.25) is 0 Å². The molecule has 0 aliphatic carbocycles. The van der Waals surface area contributed by atoms with E-state index in [1.54, 1.807) is 25.2 Å². The molecule has 0 unspecified atom stereocenters. The number of carbonyl (C=O) groups is 1. The third-order valence-electron chi connectivity index (χ3n) is 3.21. The number of allylic oxidation sites excluding steroid dienone is 6. The highest BCUT2D eigenvalue weighted by Crippen LogP contribution is 2.24. The third-order valence-corrected chi connectivity index (χ3v) is 3.21. The van der Waals surface area contributed by atoms with Crippen molar-refractivity contribution in [1.29, 1.82) is 0 Å². The number of carbonyl (C=O) groups excluding carboxylic acids is 1. The first-order chi connectivity index (χ1) is 9.81. The van der Waals surface area contributed by atoms with Gasteiger partial charge in [0.25, 0.3) is 0 Å². The van der Waals surface area contributed by atoms with Crippen LogP contribution >= 0.6 is 0 Å². The molecule has 0 saturated carbocycles. The fourth-order valence-electron chi connectivity index (χ4n) is 1.88. The summed E-state index contributed by atoms with van der Waals surface area (Å²) in [5.74, 6) is -1.86. The number of hydrogen-bond acceptors (Lipinski definition) is 1. The third kappa shape index (κ3) is 3.85. The van der Waals surface area contributed by atoms with E-state index < -0.39 is 17.4 Å². The van der Waals surface area contributed by atoms with Crippen LogP contribution in [0, 0.1) is 11.6 Å². The van der Waals surface area contributed by atoms with Crippen LogP contribution in [0.2, 0.25) is 0 Å². The van der Waals surface area contributed by atoms with Crippen molar-refractivity contribution < 1.29 is 13.6 Å². The van der Waals surface area contributed by atoms with Crippen LogP contribution in [0.5, 0.6) is 0 Å². The molecule has 0 heterocycles. The van der Waals surface area contributed by atoms with E-state index in [1.807, 2.05) is 6.92 Å². The van der Waals surface area contributed by atoms with E-state index in [2.05, 4.69) is 13.2 Å². The van der Waals surface area contributed by atoms with Gasteiger partial charge in [-0.1, -0.05) is 31.4 Å². The number of Topliss-reactive ketones (excluding diaryl/α,β-unsaturated/α-hetero) is 1. The maximum Gasteiger partial charge on any atom is 0.162 e. The molecule has 110 valence electrons. The molecule has 0 aliphatic heterocycles. The summed E-state index contributed by atoms with van der Waals surface area (Å²) in [7, 11) is 0. The molecule has 0 aromatic heterocycles. The Kier molecular flexibility index (Phi) is 5.53. The minimum absolute atomic E-state index is 0.119. The molecule has 0 spiro atoms. The van der Waals surface area contributed by atoms with Crippen LogP contribution in [0.3, 0.4) is 0 Å². The summed E-state index contributed by atoms with van der Waals surface area (Å²) in [5.41, 5.74) is 2.07. The summed E-state index contributed by atoms with van der Waals surface area (Å²) in [5, 5.41) is 0. The van der Waals surface area contributed by atoms with Gasteiger partial charge >= 0.3 is 0 Å². The lowest BCUT2D eigenvalue weighted by Gasteiger charge is -2.08. The van der Waals surface area contributed by atoms with Crippen molar-refractivity contribution in [3.63, 3.8) is 0 Å². The maximum absolute atomic E-state index is 14.1. The van der Waals surface area contributed by atoms with Crippen LogP contribution in [0.4, 0.5) is 8.78 Å². The second kappa shape index (κ2) is 6.93. The standard InChI is InChI=1S/C18H18F2O/c1-6-11(3)14(7-2)8-12(4)15-9-18(20)16(13(5)21)10-17(15)19/h6-10H,1-2H2,3-5H3/b12-8+,14-11-. The molecule has 0 bridgehead atoms. The van der Waals surface area contributed by atoms with Crippen LogP contribution in [-0.4, -0.2) is 5.78 Å². The first-order valence-corrected chi connectivity index (χ1v) is 6.46. The summed E-state index contributed by atoms with van der Waals surface area (Å²) >= 11 is 0. The highest BCUT2D eigenvalue weighted by molar-refractivity contribution is 5.94. The van der Waals surface area contributed by atoms with Gasteiger partial charge in [0.1, 0.15) is 11.6 Å². The van der Waals surface area contributed by atoms with E-state index >= 15 is 0 Å². The molecule has 3 heteroatoms. The van der Waals surface area contributed by atoms with Crippen molar-refractivity contribution in [1.82, 2.24) is 0 Å². The van der Waals surface area contributed by atoms with E-state index in [1.165, 1.54) is 6.92 Å². The molecule has 1 rings (SSSR count). The van der Waals surface area contributed by atoms with E-state index in [9.17, 15) is 13.6 Å². The molecule has 21 heavy (non-hydrogen) atoms. The van der Waals surface area contributed by atoms with Gasteiger partial charge in [-0.25, -0.2) is 8.78 Å². The predicted octanol–water partition coefficient (Wildman–Crippen LogP) is 5.26. The van der Waals surface area contributed by atoms with E-state index in [0.717, 1.165) is 23.3 Å². The lowest BCUT2D eigenvalue weighted by Crippen LogP contribution is -2.01. The Labute approximate surface area is 124 Å². The lowest BCUT2D eigenvalue weighted by atomic mass is 9.99. The lowest BCUT2D eigenvalue weighted by molar-refractivity contribution is 0.101. The van der Waals surface area contributed by atoms with E-state index in [-0.39, 0.29) is 11.1 Å². The highest BCUT2D eigenvalue weighted by Gasteiger charge is 2.14. The Morgan fingerprint density at radius 3 is 2.00 bits per heavy atom. The Hall–Kier alpha value is -2.29. The Morgan fingerprint density at radius 2 is 1.52 bits per heavy atom. The molecule has 0 amide bonds. The average molecular weight is 288 g/mol. The van der Waals surface area contributed by atoms with E-state index in [0.29, 0.717) is 5.57 Å². The maximum atomic E-state index is 14.1. The molecule has 0 N–H and O–H groups in total. The molecular formula is C18H18F2O. The summed E-state index contributed by atoms with van der Waals surface area (Å²) in [6, 6.07) is 1.98. The van der Waals surface area contributed by atoms with Gasteiger partial charge in [0.05, 0.1) is 5.56 Å². The van der Waals surface area contributed by atoms with Gasteiger partial charge < -0.3 is 0 Å². The first kappa shape index (κ1) is 16.8. The van der Waals surface area contributed by atoms with Crippen LogP contribution in [0.15, 0.2) is 54.7 Å². The molecule has 1 aromatic rings. The fraction of sp³-hybridized carbons (Fsp3) is 0.167. The van der Waals surface area contributed by atoms with Crippen molar-refractivity contribution in [3.8, 4) is 0 Å². The number of ketones is 1. The summed E-state index contributed by atoms with van der Waals surface area (Å²) in [4.78, 5) is 11.2. The van der Waals surface area contributed by atoms with Crippen LogP contribution in [-0.2, 0) is 0 Å². The normalized spacial score (nSPS) is 12.7. The van der Waals surface area contributed by atoms with Crippen LogP contribution in [0.25, 0.3) is 5.57 Å². The Balaban J connectivity index is 3.41. The smallest absolute Gasteiger partial charge is 0.162 e. The molecule has 0 radical (unpaired) electrons. The molecular weight excluding hydrogens is 270 g/mol. The van der Waals surface area contributed by atoms with Crippen LogP contribution in [0.1, 0.15) is 36.7 Å². The fourth-order valence-corrected chi connectivity index (χ4v) is 1.88. The van der Waals surface area contributed by atoms with Crippen molar-refractivity contribution >= 4 is 11.4 Å². The first-order valence-electron chi connectivity index (χ1n) is 6.46. The van der Waals surface area contributed by atoms with Crippen molar-refractivity contribution in [2.24, 2.45) is 0 Å². The SMILES string of the molecule is C=C/C(C)=C(C=C)\C=C(/C)c1cc(F)c(C(C)=O)cc1F. The largest absolute Gasteiger partial charge is 0.294 e. The second-order valence-corrected chi connectivity index (χ2v) is 4.74. The van der Waals surface area contributed by atoms with Gasteiger partial charge in [0.15, 0.2) is 5.78 Å². The van der Waals surface area contributed by atoms with Gasteiger partial charge in [-0.05, 0) is 49.6 Å². The minimum Gasteiger partial charge on any atom is -0.294 e. The quantitative estimate of drug-likeness (QED) is 0.533. The zero-order valence-electron chi connectivity index (χ0n) is 12.5. The molecule has 1 aromatic carbocycles. The van der Waals surface area contributed by atoms with Gasteiger partial charge in [-0.2, -0.15) is 0 Å². The highest BCUT2D eigenvalue weighted by atomic mass is 19.1. The molecule has 0 saturated heterocycles. The molecule has 0 atom stereocenters. The van der Waals surface area contributed by atoms with Gasteiger partial charge in [0, 0.05) is 5.56 Å². The summed E-state index contributed by atoms with van der Waals surface area (Å²) in [6.07, 6.45) is 4.99. The summed E-state index contributed by atoms with van der Waals surface area (Å²) in [6.45, 7) is 12.1.